The molecular weight excluding hydrogens is 468 g/mol. The number of aryl methyl sites for hydroxylation is 2. The summed E-state index contributed by atoms with van der Waals surface area (Å²) in [6.07, 6.45) is 1.81. The summed E-state index contributed by atoms with van der Waals surface area (Å²) in [5.74, 6) is -0.937. The number of hydrogen-bond acceptors (Lipinski definition) is 3. The summed E-state index contributed by atoms with van der Waals surface area (Å²) in [5.41, 5.74) is 7.46. The molecule has 5 rings (SSSR count). The molecule has 36 heavy (non-hydrogen) atoms. The highest BCUT2D eigenvalue weighted by Crippen LogP contribution is 2.42. The van der Waals surface area contributed by atoms with E-state index in [0.717, 1.165) is 33.9 Å². The van der Waals surface area contributed by atoms with Crippen LogP contribution in [0.2, 0.25) is 0 Å². The highest BCUT2D eigenvalue weighted by molar-refractivity contribution is 7.80. The van der Waals surface area contributed by atoms with E-state index in [-0.39, 0.29) is 17.6 Å². The largest absolute Gasteiger partial charge is 0.478 e. The Morgan fingerprint density at radius 2 is 1.78 bits per heavy atom. The predicted octanol–water partition coefficient (Wildman–Crippen LogP) is 5.67. The molecule has 0 saturated carbocycles. The number of pyridine rings is 1. The van der Waals surface area contributed by atoms with Gasteiger partial charge in [-0.15, -0.1) is 0 Å². The van der Waals surface area contributed by atoms with Crippen LogP contribution in [0.5, 0.6) is 0 Å². The van der Waals surface area contributed by atoms with Gasteiger partial charge in [-0.2, -0.15) is 0 Å². The lowest BCUT2D eigenvalue weighted by Gasteiger charge is -2.28. The number of nitrogens with zero attached hydrogens (tertiary/aromatic N) is 3. The Bertz CT molecular complexity index is 1430. The molecule has 1 saturated heterocycles. The summed E-state index contributed by atoms with van der Waals surface area (Å²) in [4.78, 5) is 18.6. The molecule has 4 aromatic rings. The average molecular weight is 497 g/mol. The fraction of sp³-hybridized carbons (Fsp3) is 0.207. The molecule has 2 N–H and O–H groups in total. The number of benzene rings is 2. The minimum Gasteiger partial charge on any atom is -0.478 e. The van der Waals surface area contributed by atoms with Gasteiger partial charge < -0.3 is 19.9 Å². The molecule has 1 aliphatic heterocycles. The quantitative estimate of drug-likeness (QED) is 0.335. The van der Waals surface area contributed by atoms with E-state index in [9.17, 15) is 9.90 Å². The first kappa shape index (κ1) is 23.8. The zero-order valence-corrected chi connectivity index (χ0v) is 21.3. The fourth-order valence-corrected chi connectivity index (χ4v) is 5.44. The number of nitrogens with one attached hydrogen (secondary N) is 1. The van der Waals surface area contributed by atoms with Gasteiger partial charge in [-0.3, -0.25) is 4.98 Å². The number of aromatic nitrogens is 2. The Hall–Kier alpha value is -3.97. The fourth-order valence-electron chi connectivity index (χ4n) is 5.14. The Labute approximate surface area is 216 Å². The zero-order valence-electron chi connectivity index (χ0n) is 20.5. The lowest BCUT2D eigenvalue weighted by atomic mass is 9.96. The Balaban J connectivity index is 1.64. The van der Waals surface area contributed by atoms with Crippen molar-refractivity contribution in [2.45, 2.75) is 39.4 Å². The van der Waals surface area contributed by atoms with Crippen molar-refractivity contribution in [2.24, 2.45) is 0 Å². The van der Waals surface area contributed by atoms with Crippen molar-refractivity contribution in [3.8, 4) is 5.69 Å². The van der Waals surface area contributed by atoms with Crippen LogP contribution in [-0.4, -0.2) is 30.6 Å². The van der Waals surface area contributed by atoms with Crippen molar-refractivity contribution in [3.05, 3.63) is 118 Å². The van der Waals surface area contributed by atoms with Gasteiger partial charge in [0.25, 0.3) is 0 Å². The van der Waals surface area contributed by atoms with E-state index >= 15 is 0 Å². The maximum atomic E-state index is 11.7. The number of hydrogen-bond donors (Lipinski definition) is 2. The predicted molar refractivity (Wildman–Crippen MR) is 144 cm³/mol. The minimum atomic E-state index is -0.937. The first-order valence-electron chi connectivity index (χ1n) is 11.9. The van der Waals surface area contributed by atoms with Gasteiger partial charge in [-0.25, -0.2) is 4.79 Å². The van der Waals surface area contributed by atoms with Crippen molar-refractivity contribution in [3.63, 3.8) is 0 Å². The molecule has 0 unspecified atom stereocenters. The van der Waals surface area contributed by atoms with E-state index < -0.39 is 5.97 Å². The van der Waals surface area contributed by atoms with Crippen molar-refractivity contribution < 1.29 is 9.90 Å². The van der Waals surface area contributed by atoms with E-state index in [1.54, 1.807) is 18.3 Å². The first-order valence-corrected chi connectivity index (χ1v) is 12.3. The SMILES string of the molecule is Cc1ccc(C(=O)O)cc1-n1c(C)cc([C@@H]2[C@@H](c3ccccn3)NC(=S)N2Cc2ccccc2)c1C. The molecule has 0 bridgehead atoms. The summed E-state index contributed by atoms with van der Waals surface area (Å²) < 4.78 is 2.15. The second-order valence-corrected chi connectivity index (χ2v) is 9.60. The number of carboxylic acids is 1. The van der Waals surface area contributed by atoms with Gasteiger partial charge in [0.15, 0.2) is 5.11 Å². The lowest BCUT2D eigenvalue weighted by Crippen LogP contribution is -2.29. The van der Waals surface area contributed by atoms with E-state index in [0.29, 0.717) is 11.7 Å². The maximum absolute atomic E-state index is 11.7. The molecule has 0 radical (unpaired) electrons. The topological polar surface area (TPSA) is 70.4 Å². The van der Waals surface area contributed by atoms with Crippen LogP contribution in [0.25, 0.3) is 5.69 Å². The summed E-state index contributed by atoms with van der Waals surface area (Å²) in [6.45, 7) is 6.82. The van der Waals surface area contributed by atoms with Crippen molar-refractivity contribution in [1.29, 1.82) is 0 Å². The van der Waals surface area contributed by atoms with Gasteiger partial charge in [0.1, 0.15) is 0 Å². The number of rotatable bonds is 6. The van der Waals surface area contributed by atoms with Gasteiger partial charge in [0, 0.05) is 29.8 Å². The summed E-state index contributed by atoms with van der Waals surface area (Å²) >= 11 is 5.85. The average Bonchev–Trinajstić information content (AvgIpc) is 3.35. The standard InChI is InChI=1S/C29H28N4O2S/c1-18-12-13-22(28(34)35)16-25(18)33-19(2)15-23(20(33)3)27-26(24-11-7-8-14-30-24)31-29(36)32(27)17-21-9-5-4-6-10-21/h4-16,26-27H,17H2,1-3H3,(H,31,36)(H,34,35)/t26-,27-/m1/s1. The third-order valence-electron chi connectivity index (χ3n) is 6.88. The second kappa shape index (κ2) is 9.59. The van der Waals surface area contributed by atoms with Crippen LogP contribution in [0.4, 0.5) is 0 Å². The van der Waals surface area contributed by atoms with Gasteiger partial charge in [0.05, 0.1) is 23.3 Å². The van der Waals surface area contributed by atoms with Crippen LogP contribution >= 0.6 is 12.2 Å². The third-order valence-corrected chi connectivity index (χ3v) is 7.23. The normalized spacial score (nSPS) is 17.3. The van der Waals surface area contributed by atoms with Crippen molar-refractivity contribution in [1.82, 2.24) is 19.8 Å². The zero-order chi connectivity index (χ0) is 25.4. The third kappa shape index (κ3) is 4.27. The van der Waals surface area contributed by atoms with Gasteiger partial charge >= 0.3 is 5.97 Å². The number of thiocarbonyl (C=S) groups is 1. The van der Waals surface area contributed by atoms with Crippen LogP contribution in [-0.2, 0) is 6.54 Å². The molecule has 3 heterocycles. The molecule has 1 fully saturated rings. The van der Waals surface area contributed by atoms with Crippen LogP contribution in [0.15, 0.2) is 79.0 Å². The summed E-state index contributed by atoms with van der Waals surface area (Å²) in [7, 11) is 0. The molecule has 1 aliphatic rings. The van der Waals surface area contributed by atoms with Crippen LogP contribution < -0.4 is 5.32 Å². The van der Waals surface area contributed by atoms with E-state index in [4.69, 9.17) is 12.2 Å². The van der Waals surface area contributed by atoms with E-state index in [1.807, 2.05) is 49.4 Å². The molecule has 182 valence electrons. The van der Waals surface area contributed by atoms with Crippen LogP contribution in [0.3, 0.4) is 0 Å². The monoisotopic (exact) mass is 496 g/mol. The molecular formula is C29H28N4O2S. The van der Waals surface area contributed by atoms with Gasteiger partial charge in [-0.1, -0.05) is 42.5 Å². The number of carbonyl (C=O) groups is 1. The minimum absolute atomic E-state index is 0.0875. The van der Waals surface area contributed by atoms with Crippen molar-refractivity contribution in [2.75, 3.05) is 0 Å². The second-order valence-electron chi connectivity index (χ2n) is 9.21. The molecule has 0 amide bonds. The molecule has 6 nitrogen and oxygen atoms in total. The number of carboxylic acid groups (broad SMARTS) is 1. The summed E-state index contributed by atoms with van der Waals surface area (Å²) in [6, 6.07) is 23.5. The number of aromatic carboxylic acids is 1. The Morgan fingerprint density at radius 1 is 1.03 bits per heavy atom. The smallest absolute Gasteiger partial charge is 0.335 e. The summed E-state index contributed by atoms with van der Waals surface area (Å²) in [5, 5.41) is 13.8. The molecule has 2 aromatic heterocycles. The molecule has 0 aliphatic carbocycles. The van der Waals surface area contributed by atoms with E-state index in [1.165, 1.54) is 5.56 Å². The Kier molecular flexibility index (Phi) is 6.33. The maximum Gasteiger partial charge on any atom is 0.335 e. The molecule has 7 heteroatoms. The molecule has 0 spiro atoms. The van der Waals surface area contributed by atoms with Crippen LogP contribution in [0, 0.1) is 20.8 Å². The molecule has 2 atom stereocenters. The van der Waals surface area contributed by atoms with Gasteiger partial charge in [-0.05, 0) is 80.0 Å². The Morgan fingerprint density at radius 3 is 2.47 bits per heavy atom. The van der Waals surface area contributed by atoms with Gasteiger partial charge in [0.2, 0.25) is 0 Å². The highest BCUT2D eigenvalue weighted by Gasteiger charge is 2.41. The molecule has 2 aromatic carbocycles. The lowest BCUT2D eigenvalue weighted by molar-refractivity contribution is 0.0697. The highest BCUT2D eigenvalue weighted by atomic mass is 32.1. The van der Waals surface area contributed by atoms with Crippen LogP contribution in [0.1, 0.15) is 56.2 Å². The van der Waals surface area contributed by atoms with Crippen molar-refractivity contribution >= 4 is 23.3 Å². The first-order chi connectivity index (χ1) is 17.3. The van der Waals surface area contributed by atoms with E-state index in [2.05, 4.69) is 51.8 Å².